The van der Waals surface area contributed by atoms with Gasteiger partial charge in [-0.1, -0.05) is 29.8 Å². The summed E-state index contributed by atoms with van der Waals surface area (Å²) in [5.41, 5.74) is 2.91. The van der Waals surface area contributed by atoms with Gasteiger partial charge >= 0.3 is 5.97 Å². The van der Waals surface area contributed by atoms with Crippen molar-refractivity contribution in [3.05, 3.63) is 53.3 Å². The molecule has 1 fully saturated rings. The van der Waals surface area contributed by atoms with Crippen LogP contribution in [0.15, 0.2) is 36.7 Å². The average molecular weight is 327 g/mol. The van der Waals surface area contributed by atoms with E-state index in [0.29, 0.717) is 13.0 Å². The Balaban J connectivity index is 1.96. The summed E-state index contributed by atoms with van der Waals surface area (Å²) in [5, 5.41) is 13.8. The van der Waals surface area contributed by atoms with Gasteiger partial charge in [0.15, 0.2) is 0 Å². The predicted molar refractivity (Wildman–Crippen MR) is 88.0 cm³/mol. The molecule has 6 heteroatoms. The molecule has 2 heterocycles. The number of likely N-dealkylation sites (tertiary alicyclic amines) is 1. The number of rotatable bonds is 4. The lowest BCUT2D eigenvalue weighted by Gasteiger charge is -2.39. The molecule has 0 radical (unpaired) electrons. The molecular formula is C18H21N3O3. The minimum Gasteiger partial charge on any atom is -0.481 e. The molecule has 0 saturated carbocycles. The maximum atomic E-state index is 12.5. The zero-order valence-electron chi connectivity index (χ0n) is 13.8. The quantitative estimate of drug-likeness (QED) is 0.935. The highest BCUT2D eigenvalue weighted by Crippen LogP contribution is 2.37. The first-order valence-corrected chi connectivity index (χ1v) is 8.02. The number of piperidine rings is 1. The van der Waals surface area contributed by atoms with Crippen LogP contribution in [0.3, 0.4) is 0 Å². The van der Waals surface area contributed by atoms with Crippen LogP contribution in [0.2, 0.25) is 0 Å². The zero-order chi connectivity index (χ0) is 17.3. The number of nitrogens with zero attached hydrogens (tertiary/aromatic N) is 3. The van der Waals surface area contributed by atoms with Gasteiger partial charge in [-0.15, -0.1) is 0 Å². The summed E-state index contributed by atoms with van der Waals surface area (Å²) >= 11 is 0. The third kappa shape index (κ3) is 3.18. The maximum absolute atomic E-state index is 12.5. The fraction of sp³-hybridized carbons (Fsp3) is 0.389. The molecule has 0 aliphatic carbocycles. The van der Waals surface area contributed by atoms with Crippen molar-refractivity contribution >= 4 is 11.9 Å². The molecule has 1 aromatic carbocycles. The molecule has 1 aliphatic heterocycles. The van der Waals surface area contributed by atoms with Crippen molar-refractivity contribution in [1.29, 1.82) is 0 Å². The van der Waals surface area contributed by atoms with E-state index >= 15 is 0 Å². The van der Waals surface area contributed by atoms with Crippen LogP contribution >= 0.6 is 0 Å². The number of carbonyl (C=O) groups excluding carboxylic acids is 1. The first kappa shape index (κ1) is 16.2. The van der Waals surface area contributed by atoms with Gasteiger partial charge in [-0.05, 0) is 18.9 Å². The van der Waals surface area contributed by atoms with Gasteiger partial charge in [0.05, 0.1) is 18.2 Å². The Morgan fingerprint density at radius 1 is 1.33 bits per heavy atom. The smallest absolute Gasteiger partial charge is 0.308 e. The summed E-state index contributed by atoms with van der Waals surface area (Å²) in [4.78, 5) is 25.9. The number of amides is 1. The van der Waals surface area contributed by atoms with Crippen LogP contribution in [0.25, 0.3) is 0 Å². The lowest BCUT2D eigenvalue weighted by Crippen LogP contribution is -2.44. The number of hydrogen-bond donors (Lipinski definition) is 1. The summed E-state index contributed by atoms with van der Waals surface area (Å²) in [6, 6.07) is 7.47. The molecule has 1 aliphatic rings. The van der Waals surface area contributed by atoms with Crippen molar-refractivity contribution in [1.82, 2.24) is 14.7 Å². The number of benzene rings is 1. The fourth-order valence-corrected chi connectivity index (χ4v) is 3.29. The molecule has 24 heavy (non-hydrogen) atoms. The molecule has 1 N–H and O–H groups in total. The Morgan fingerprint density at radius 3 is 2.62 bits per heavy atom. The van der Waals surface area contributed by atoms with Crippen molar-refractivity contribution < 1.29 is 14.7 Å². The molecule has 1 saturated heterocycles. The van der Waals surface area contributed by atoms with Crippen molar-refractivity contribution in [2.45, 2.75) is 32.4 Å². The molecule has 3 rings (SSSR count). The summed E-state index contributed by atoms with van der Waals surface area (Å²) in [6.07, 6.45) is 4.07. The highest BCUT2D eigenvalue weighted by atomic mass is 16.4. The molecular weight excluding hydrogens is 306 g/mol. The molecule has 1 aromatic heterocycles. The van der Waals surface area contributed by atoms with Crippen LogP contribution in [0, 0.1) is 12.8 Å². The average Bonchev–Trinajstić information content (AvgIpc) is 2.97. The third-order valence-electron chi connectivity index (χ3n) is 4.56. The molecule has 1 amide bonds. The topological polar surface area (TPSA) is 75.4 Å². The van der Waals surface area contributed by atoms with E-state index in [0.717, 1.165) is 16.7 Å². The summed E-state index contributed by atoms with van der Waals surface area (Å²) in [7, 11) is 1.79. The monoisotopic (exact) mass is 327 g/mol. The Bertz CT molecular complexity index is 751. The van der Waals surface area contributed by atoms with Crippen molar-refractivity contribution in [3.63, 3.8) is 0 Å². The van der Waals surface area contributed by atoms with E-state index in [1.165, 1.54) is 0 Å². The highest BCUT2D eigenvalue weighted by Gasteiger charge is 2.41. The number of carboxylic acid groups (broad SMARTS) is 1. The van der Waals surface area contributed by atoms with E-state index in [4.69, 9.17) is 0 Å². The summed E-state index contributed by atoms with van der Waals surface area (Å²) < 4.78 is 1.64. The van der Waals surface area contributed by atoms with Crippen LogP contribution in [0.5, 0.6) is 0 Å². The molecule has 2 atom stereocenters. The number of carbonyl (C=O) groups is 2. The summed E-state index contributed by atoms with van der Waals surface area (Å²) in [6.45, 7) is 2.41. The molecule has 0 spiro atoms. The Labute approximate surface area is 140 Å². The Hall–Kier alpha value is -2.63. The highest BCUT2D eigenvalue weighted by molar-refractivity contribution is 5.81. The van der Waals surface area contributed by atoms with Gasteiger partial charge in [0.25, 0.3) is 0 Å². The fourth-order valence-electron chi connectivity index (χ4n) is 3.29. The van der Waals surface area contributed by atoms with Crippen LogP contribution in [0.1, 0.15) is 35.6 Å². The number of carboxylic acids is 1. The van der Waals surface area contributed by atoms with Gasteiger partial charge in [0, 0.05) is 31.8 Å². The predicted octanol–water partition coefficient (Wildman–Crippen LogP) is 2.29. The van der Waals surface area contributed by atoms with Gasteiger partial charge < -0.3 is 10.0 Å². The number of aryl methyl sites for hydroxylation is 2. The SMILES string of the molecule is Cc1ccc(CN2C(=O)CC[C@@H](C(=O)O)[C@H]2c2cnn(C)c2)cc1. The van der Waals surface area contributed by atoms with Gasteiger partial charge in [-0.2, -0.15) is 5.10 Å². The van der Waals surface area contributed by atoms with Gasteiger partial charge in [0.2, 0.25) is 5.91 Å². The zero-order valence-corrected chi connectivity index (χ0v) is 13.8. The number of aliphatic carboxylic acids is 1. The Morgan fingerprint density at radius 2 is 2.04 bits per heavy atom. The first-order chi connectivity index (χ1) is 11.5. The van der Waals surface area contributed by atoms with E-state index in [-0.39, 0.29) is 12.3 Å². The molecule has 6 nitrogen and oxygen atoms in total. The Kier molecular flexibility index (Phi) is 4.38. The van der Waals surface area contributed by atoms with Gasteiger partial charge in [-0.3, -0.25) is 14.3 Å². The van der Waals surface area contributed by atoms with Gasteiger partial charge in [0.1, 0.15) is 0 Å². The molecule has 0 bridgehead atoms. The lowest BCUT2D eigenvalue weighted by atomic mass is 9.85. The van der Waals surface area contributed by atoms with Crippen LogP contribution in [-0.4, -0.2) is 31.7 Å². The summed E-state index contributed by atoms with van der Waals surface area (Å²) in [5.74, 6) is -1.50. The van der Waals surface area contributed by atoms with E-state index in [1.807, 2.05) is 31.2 Å². The second kappa shape index (κ2) is 6.47. The molecule has 0 unspecified atom stereocenters. The maximum Gasteiger partial charge on any atom is 0.308 e. The van der Waals surface area contributed by atoms with Crippen LogP contribution in [0.4, 0.5) is 0 Å². The number of aromatic nitrogens is 2. The van der Waals surface area contributed by atoms with Crippen molar-refractivity contribution in [2.24, 2.45) is 13.0 Å². The first-order valence-electron chi connectivity index (χ1n) is 8.02. The minimum absolute atomic E-state index is 0.0121. The number of hydrogen-bond acceptors (Lipinski definition) is 3. The van der Waals surface area contributed by atoms with E-state index in [1.54, 1.807) is 29.0 Å². The van der Waals surface area contributed by atoms with Crippen molar-refractivity contribution in [2.75, 3.05) is 0 Å². The minimum atomic E-state index is -0.870. The standard InChI is InChI=1S/C18H21N3O3/c1-12-3-5-13(6-4-12)10-21-16(22)8-7-15(18(23)24)17(21)14-9-19-20(2)11-14/h3-6,9,11,15,17H,7-8,10H2,1-2H3,(H,23,24)/t15-,17-/m1/s1. The largest absolute Gasteiger partial charge is 0.481 e. The second-order valence-corrected chi connectivity index (χ2v) is 6.38. The van der Waals surface area contributed by atoms with Crippen molar-refractivity contribution in [3.8, 4) is 0 Å². The normalized spacial score (nSPS) is 21.1. The van der Waals surface area contributed by atoms with E-state index in [2.05, 4.69) is 5.10 Å². The van der Waals surface area contributed by atoms with E-state index in [9.17, 15) is 14.7 Å². The van der Waals surface area contributed by atoms with Crippen LogP contribution < -0.4 is 0 Å². The third-order valence-corrected chi connectivity index (χ3v) is 4.56. The second-order valence-electron chi connectivity index (χ2n) is 6.38. The molecule has 126 valence electrons. The lowest BCUT2D eigenvalue weighted by molar-refractivity contribution is -0.152. The van der Waals surface area contributed by atoms with E-state index < -0.39 is 17.9 Å². The van der Waals surface area contributed by atoms with Crippen LogP contribution in [-0.2, 0) is 23.2 Å². The molecule has 2 aromatic rings. The van der Waals surface area contributed by atoms with Gasteiger partial charge in [-0.25, -0.2) is 0 Å².